The molecule has 0 spiro atoms. The van der Waals surface area contributed by atoms with Crippen molar-refractivity contribution in [3.05, 3.63) is 24.3 Å². The Morgan fingerprint density at radius 2 is 1.80 bits per heavy atom. The number of hydrogen-bond donors (Lipinski definition) is 1. The topological polar surface area (TPSA) is 27.7 Å². The van der Waals surface area contributed by atoms with Crippen molar-refractivity contribution in [3.63, 3.8) is 0 Å². The first-order valence-corrected chi connectivity index (χ1v) is 7.65. The molecule has 0 saturated carbocycles. The maximum Gasteiger partial charge on any atom is 0.119 e. The van der Waals surface area contributed by atoms with Crippen molar-refractivity contribution < 1.29 is 4.74 Å². The highest BCUT2D eigenvalue weighted by molar-refractivity contribution is 5.46. The van der Waals surface area contributed by atoms with E-state index in [1.165, 1.54) is 31.9 Å². The van der Waals surface area contributed by atoms with Gasteiger partial charge in [-0.1, -0.05) is 6.92 Å². The highest BCUT2D eigenvalue weighted by Crippen LogP contribution is 2.15. The lowest BCUT2D eigenvalue weighted by Gasteiger charge is -2.32. The number of nitrogens with one attached hydrogen (secondary N) is 1. The minimum absolute atomic E-state index is 0.788. The molecule has 4 nitrogen and oxygen atoms in total. The third kappa shape index (κ3) is 5.02. The summed E-state index contributed by atoms with van der Waals surface area (Å²) in [5.74, 6) is 0.955. The van der Waals surface area contributed by atoms with Gasteiger partial charge in [-0.25, -0.2) is 0 Å². The summed E-state index contributed by atoms with van der Waals surface area (Å²) in [6.45, 7) is 9.75. The van der Waals surface area contributed by atoms with Crippen LogP contribution in [0.5, 0.6) is 5.75 Å². The van der Waals surface area contributed by atoms with Gasteiger partial charge in [-0.2, -0.15) is 0 Å². The molecule has 1 saturated heterocycles. The molecule has 0 aromatic heterocycles. The van der Waals surface area contributed by atoms with Gasteiger partial charge in [-0.3, -0.25) is 4.90 Å². The molecule has 20 heavy (non-hydrogen) atoms. The third-order valence-electron chi connectivity index (χ3n) is 3.68. The lowest BCUT2D eigenvalue weighted by atomic mass is 10.3. The Morgan fingerprint density at radius 3 is 2.45 bits per heavy atom. The number of piperazine rings is 1. The average Bonchev–Trinajstić information content (AvgIpc) is 2.48. The predicted molar refractivity (Wildman–Crippen MR) is 84.7 cm³/mol. The molecule has 0 atom stereocenters. The first-order valence-electron chi connectivity index (χ1n) is 7.65. The number of benzene rings is 1. The van der Waals surface area contributed by atoms with Crippen LogP contribution < -0.4 is 10.1 Å². The second-order valence-electron chi connectivity index (χ2n) is 5.44. The van der Waals surface area contributed by atoms with Crippen molar-refractivity contribution in [1.82, 2.24) is 9.80 Å². The summed E-state index contributed by atoms with van der Waals surface area (Å²) in [4.78, 5) is 4.91. The van der Waals surface area contributed by atoms with Gasteiger partial charge in [-0.05, 0) is 37.7 Å². The Kier molecular flexibility index (Phi) is 6.15. The summed E-state index contributed by atoms with van der Waals surface area (Å²) in [6, 6.07) is 8.26. The van der Waals surface area contributed by atoms with Crippen LogP contribution in [0, 0.1) is 0 Å². The van der Waals surface area contributed by atoms with E-state index in [4.69, 9.17) is 4.74 Å². The second-order valence-corrected chi connectivity index (χ2v) is 5.44. The summed E-state index contributed by atoms with van der Waals surface area (Å²) in [6.07, 6.45) is 1.05. The minimum atomic E-state index is 0.788. The average molecular weight is 277 g/mol. The molecule has 0 bridgehead atoms. The van der Waals surface area contributed by atoms with Crippen molar-refractivity contribution in [1.29, 1.82) is 0 Å². The molecule has 0 amide bonds. The molecular formula is C16H27N3O. The van der Waals surface area contributed by atoms with Crippen molar-refractivity contribution in [2.24, 2.45) is 0 Å². The molecule has 1 fully saturated rings. The molecule has 1 aliphatic heterocycles. The number of likely N-dealkylation sites (N-methyl/N-ethyl adjacent to an activating group) is 1. The number of anilines is 1. The first-order chi connectivity index (χ1) is 9.78. The Balaban J connectivity index is 1.66. The van der Waals surface area contributed by atoms with Gasteiger partial charge in [-0.15, -0.1) is 0 Å². The number of rotatable bonds is 7. The van der Waals surface area contributed by atoms with Gasteiger partial charge in [0.05, 0.1) is 6.61 Å². The fraction of sp³-hybridized carbons (Fsp3) is 0.625. The normalized spacial score (nSPS) is 17.1. The highest BCUT2D eigenvalue weighted by Gasteiger charge is 2.12. The van der Waals surface area contributed by atoms with E-state index in [0.717, 1.165) is 31.9 Å². The lowest BCUT2D eigenvalue weighted by molar-refractivity contribution is 0.158. The van der Waals surface area contributed by atoms with Crippen LogP contribution in [0.1, 0.15) is 13.3 Å². The molecule has 1 aliphatic rings. The lowest BCUT2D eigenvalue weighted by Crippen LogP contribution is -2.45. The monoisotopic (exact) mass is 277 g/mol. The van der Waals surface area contributed by atoms with Crippen LogP contribution in [0.15, 0.2) is 24.3 Å². The van der Waals surface area contributed by atoms with Gasteiger partial charge in [0, 0.05) is 45.0 Å². The van der Waals surface area contributed by atoms with Gasteiger partial charge in [0.1, 0.15) is 5.75 Å². The van der Waals surface area contributed by atoms with Gasteiger partial charge >= 0.3 is 0 Å². The number of hydrogen-bond acceptors (Lipinski definition) is 4. The zero-order valence-electron chi connectivity index (χ0n) is 12.8. The summed E-state index contributed by atoms with van der Waals surface area (Å²) in [5.41, 5.74) is 1.17. The van der Waals surface area contributed by atoms with Gasteiger partial charge in [0.25, 0.3) is 0 Å². The van der Waals surface area contributed by atoms with E-state index >= 15 is 0 Å². The molecule has 1 aromatic rings. The predicted octanol–water partition coefficient (Wildman–Crippen LogP) is 2.13. The zero-order chi connectivity index (χ0) is 14.2. The standard InChI is InChI=1S/C16H27N3O/c1-3-14-20-16-6-4-15(5-7-16)17-8-9-19-12-10-18(2)11-13-19/h4-7,17H,3,8-14H2,1-2H3. The Morgan fingerprint density at radius 1 is 1.10 bits per heavy atom. The molecule has 0 unspecified atom stereocenters. The first kappa shape index (κ1) is 15.1. The van der Waals surface area contributed by atoms with Crippen molar-refractivity contribution in [2.45, 2.75) is 13.3 Å². The van der Waals surface area contributed by atoms with Gasteiger partial charge in [0.2, 0.25) is 0 Å². The fourth-order valence-electron chi connectivity index (χ4n) is 2.32. The summed E-state index contributed by atoms with van der Waals surface area (Å²) in [5, 5.41) is 3.48. The van der Waals surface area contributed by atoms with Crippen molar-refractivity contribution >= 4 is 5.69 Å². The molecule has 1 aromatic carbocycles. The number of nitrogens with zero attached hydrogens (tertiary/aromatic N) is 2. The van der Waals surface area contributed by atoms with Gasteiger partial charge < -0.3 is 15.0 Å². The molecule has 1 N–H and O–H groups in total. The maximum absolute atomic E-state index is 5.58. The number of ether oxygens (including phenoxy) is 1. The van der Waals surface area contributed by atoms with E-state index in [9.17, 15) is 0 Å². The summed E-state index contributed by atoms with van der Waals surface area (Å²) >= 11 is 0. The Bertz CT molecular complexity index is 372. The molecule has 112 valence electrons. The largest absolute Gasteiger partial charge is 0.494 e. The molecule has 0 aliphatic carbocycles. The Hall–Kier alpha value is -1.26. The van der Waals surface area contributed by atoms with E-state index in [-0.39, 0.29) is 0 Å². The van der Waals surface area contributed by atoms with E-state index < -0.39 is 0 Å². The van der Waals surface area contributed by atoms with E-state index in [0.29, 0.717) is 0 Å². The molecule has 2 rings (SSSR count). The van der Waals surface area contributed by atoms with Crippen LogP contribution in [0.2, 0.25) is 0 Å². The zero-order valence-corrected chi connectivity index (χ0v) is 12.8. The van der Waals surface area contributed by atoms with Crippen LogP contribution in [-0.2, 0) is 0 Å². The van der Waals surface area contributed by atoms with Crippen molar-refractivity contribution in [3.8, 4) is 5.75 Å². The summed E-state index contributed by atoms with van der Waals surface area (Å²) < 4.78 is 5.58. The van der Waals surface area contributed by atoms with Crippen LogP contribution in [0.4, 0.5) is 5.69 Å². The highest BCUT2D eigenvalue weighted by atomic mass is 16.5. The van der Waals surface area contributed by atoms with E-state index in [1.807, 2.05) is 12.1 Å². The molecule has 4 heteroatoms. The minimum Gasteiger partial charge on any atom is -0.494 e. The Labute approximate surface area is 122 Å². The smallest absolute Gasteiger partial charge is 0.119 e. The van der Waals surface area contributed by atoms with Crippen LogP contribution in [0.25, 0.3) is 0 Å². The fourth-order valence-corrected chi connectivity index (χ4v) is 2.32. The molecule has 0 radical (unpaired) electrons. The SMILES string of the molecule is CCCOc1ccc(NCCN2CCN(C)CC2)cc1. The molecular weight excluding hydrogens is 250 g/mol. The maximum atomic E-state index is 5.58. The second kappa shape index (κ2) is 8.12. The van der Waals surface area contributed by atoms with Crippen LogP contribution >= 0.6 is 0 Å². The van der Waals surface area contributed by atoms with E-state index in [2.05, 4.69) is 41.2 Å². The summed E-state index contributed by atoms with van der Waals surface area (Å²) in [7, 11) is 2.19. The van der Waals surface area contributed by atoms with Crippen LogP contribution in [-0.4, -0.2) is 62.7 Å². The molecule has 1 heterocycles. The van der Waals surface area contributed by atoms with Crippen molar-refractivity contribution in [2.75, 3.05) is 58.2 Å². The van der Waals surface area contributed by atoms with E-state index in [1.54, 1.807) is 0 Å². The quantitative estimate of drug-likeness (QED) is 0.826. The third-order valence-corrected chi connectivity index (χ3v) is 3.68. The van der Waals surface area contributed by atoms with Gasteiger partial charge in [0.15, 0.2) is 0 Å². The van der Waals surface area contributed by atoms with Crippen LogP contribution in [0.3, 0.4) is 0 Å².